The molecule has 0 unspecified atom stereocenters. The predicted octanol–water partition coefficient (Wildman–Crippen LogP) is 1.05. The van der Waals surface area contributed by atoms with Crippen molar-refractivity contribution in [3.63, 3.8) is 0 Å². The molecule has 1 aromatic carbocycles. The van der Waals surface area contributed by atoms with Crippen LogP contribution in [0.5, 0.6) is 0 Å². The summed E-state index contributed by atoms with van der Waals surface area (Å²) < 4.78 is 0. The second-order valence-electron chi connectivity index (χ2n) is 4.61. The smallest absolute Gasteiger partial charge is 0.330 e. The van der Waals surface area contributed by atoms with E-state index in [9.17, 15) is 24.5 Å². The molecule has 0 radical (unpaired) electrons. The highest BCUT2D eigenvalue weighted by Crippen LogP contribution is 2.21. The summed E-state index contributed by atoms with van der Waals surface area (Å²) in [6.07, 6.45) is -0.400. The zero-order chi connectivity index (χ0) is 15.6. The molecule has 0 aromatic heterocycles. The van der Waals surface area contributed by atoms with Crippen molar-refractivity contribution >= 4 is 23.5 Å². The normalized spacial score (nSPS) is 14.4. The average Bonchev–Trinajstić information content (AvgIpc) is 2.70. The van der Waals surface area contributed by atoms with E-state index >= 15 is 0 Å². The molecule has 1 aliphatic heterocycles. The zero-order valence-corrected chi connectivity index (χ0v) is 11.2. The summed E-state index contributed by atoms with van der Waals surface area (Å²) in [6, 6.07) is 4.34. The average molecular weight is 292 g/mol. The summed E-state index contributed by atoms with van der Waals surface area (Å²) in [5, 5.41) is 11.3. The minimum Gasteiger partial charge on any atom is -0.330 e. The van der Waals surface area contributed by atoms with E-state index in [1.165, 1.54) is 12.1 Å². The standard InChI is InChI=1S/C13H12N2O6/c1-8-2-3-10(15(19)20)9(6-8)7-13(18)21-14-11(16)4-5-12(14)17/h2-3,6H,4-5,7H2,1H3. The lowest BCUT2D eigenvalue weighted by atomic mass is 10.1. The molecule has 21 heavy (non-hydrogen) atoms. The van der Waals surface area contributed by atoms with Crippen molar-refractivity contribution in [2.45, 2.75) is 26.2 Å². The van der Waals surface area contributed by atoms with Gasteiger partial charge in [-0.2, -0.15) is 0 Å². The lowest BCUT2D eigenvalue weighted by Gasteiger charge is -2.12. The zero-order valence-electron chi connectivity index (χ0n) is 11.2. The first kappa shape index (κ1) is 14.6. The lowest BCUT2D eigenvalue weighted by Crippen LogP contribution is -2.32. The first-order valence-corrected chi connectivity index (χ1v) is 6.19. The molecule has 0 bridgehead atoms. The first-order chi connectivity index (χ1) is 9.88. The van der Waals surface area contributed by atoms with Crippen molar-refractivity contribution in [3.05, 3.63) is 39.4 Å². The van der Waals surface area contributed by atoms with Crippen LogP contribution in [0.3, 0.4) is 0 Å². The third-order valence-electron chi connectivity index (χ3n) is 2.97. The Morgan fingerprint density at radius 1 is 1.33 bits per heavy atom. The molecule has 110 valence electrons. The summed E-state index contributed by atoms with van der Waals surface area (Å²) >= 11 is 0. The molecule has 2 rings (SSSR count). The van der Waals surface area contributed by atoms with Gasteiger partial charge in [-0.25, -0.2) is 4.79 Å². The van der Waals surface area contributed by atoms with E-state index in [4.69, 9.17) is 0 Å². The Bertz CT molecular complexity index is 624. The fourth-order valence-corrected chi connectivity index (χ4v) is 1.98. The van der Waals surface area contributed by atoms with E-state index in [0.717, 1.165) is 5.56 Å². The lowest BCUT2D eigenvalue weighted by molar-refractivity contribution is -0.385. The van der Waals surface area contributed by atoms with Gasteiger partial charge < -0.3 is 4.84 Å². The molecule has 8 heteroatoms. The Kier molecular flexibility index (Phi) is 3.97. The Balaban J connectivity index is 2.13. The second-order valence-corrected chi connectivity index (χ2v) is 4.61. The van der Waals surface area contributed by atoms with Crippen LogP contribution in [0.2, 0.25) is 0 Å². The van der Waals surface area contributed by atoms with Crippen LogP contribution < -0.4 is 0 Å². The molecule has 1 fully saturated rings. The van der Waals surface area contributed by atoms with Crippen molar-refractivity contribution in [1.82, 2.24) is 5.06 Å². The van der Waals surface area contributed by atoms with Gasteiger partial charge >= 0.3 is 5.97 Å². The van der Waals surface area contributed by atoms with E-state index in [1.54, 1.807) is 13.0 Å². The topological polar surface area (TPSA) is 107 Å². The number of hydrogen-bond donors (Lipinski definition) is 0. The van der Waals surface area contributed by atoms with Gasteiger partial charge in [0.2, 0.25) is 0 Å². The van der Waals surface area contributed by atoms with Crippen LogP contribution in [0, 0.1) is 17.0 Å². The third-order valence-corrected chi connectivity index (χ3v) is 2.97. The highest BCUT2D eigenvalue weighted by Gasteiger charge is 2.33. The maximum Gasteiger partial charge on any atom is 0.337 e. The van der Waals surface area contributed by atoms with Crippen LogP contribution in [0.1, 0.15) is 24.0 Å². The number of amides is 2. The summed E-state index contributed by atoms with van der Waals surface area (Å²) in [4.78, 5) is 49.4. The predicted molar refractivity (Wildman–Crippen MR) is 68.7 cm³/mol. The molecule has 0 atom stereocenters. The first-order valence-electron chi connectivity index (χ1n) is 6.19. The molecule has 1 aromatic rings. The van der Waals surface area contributed by atoms with E-state index in [0.29, 0.717) is 5.06 Å². The fourth-order valence-electron chi connectivity index (χ4n) is 1.98. The van der Waals surface area contributed by atoms with Crippen LogP contribution in [0.25, 0.3) is 0 Å². The number of nitrogens with zero attached hydrogens (tertiary/aromatic N) is 2. The SMILES string of the molecule is Cc1ccc([N+](=O)[O-])c(CC(=O)ON2C(=O)CCC2=O)c1. The van der Waals surface area contributed by atoms with E-state index in [2.05, 4.69) is 4.84 Å². The molecule has 0 spiro atoms. The van der Waals surface area contributed by atoms with Crippen LogP contribution in [0.4, 0.5) is 5.69 Å². The molecule has 2 amide bonds. The monoisotopic (exact) mass is 292 g/mol. The summed E-state index contributed by atoms with van der Waals surface area (Å²) in [7, 11) is 0. The van der Waals surface area contributed by atoms with Gasteiger partial charge in [0.05, 0.1) is 11.3 Å². The number of carbonyl (C=O) groups excluding carboxylic acids is 3. The summed E-state index contributed by atoms with van der Waals surface area (Å²) in [6.45, 7) is 1.73. The molecule has 0 N–H and O–H groups in total. The van der Waals surface area contributed by atoms with Crippen molar-refractivity contribution < 1.29 is 24.1 Å². The maximum absolute atomic E-state index is 11.8. The molecule has 0 saturated carbocycles. The van der Waals surface area contributed by atoms with Gasteiger partial charge in [-0.3, -0.25) is 19.7 Å². The van der Waals surface area contributed by atoms with Crippen molar-refractivity contribution in [1.29, 1.82) is 0 Å². The van der Waals surface area contributed by atoms with Crippen molar-refractivity contribution in [2.75, 3.05) is 0 Å². The Morgan fingerprint density at radius 3 is 2.52 bits per heavy atom. The third kappa shape index (κ3) is 3.22. The molecular formula is C13H12N2O6. The van der Waals surface area contributed by atoms with Crippen LogP contribution in [-0.4, -0.2) is 27.8 Å². The maximum atomic E-state index is 11.8. The Labute approximate surface area is 119 Å². The van der Waals surface area contributed by atoms with Crippen LogP contribution in [0.15, 0.2) is 18.2 Å². The molecule has 0 aliphatic carbocycles. The summed E-state index contributed by atoms with van der Waals surface area (Å²) in [5.74, 6) is -2.08. The second kappa shape index (κ2) is 5.70. The number of aryl methyl sites for hydroxylation is 1. The minimum absolute atomic E-state index is 0.00327. The Morgan fingerprint density at radius 2 is 1.95 bits per heavy atom. The van der Waals surface area contributed by atoms with Gasteiger partial charge in [0, 0.05) is 24.5 Å². The van der Waals surface area contributed by atoms with E-state index < -0.39 is 29.1 Å². The van der Waals surface area contributed by atoms with Crippen LogP contribution >= 0.6 is 0 Å². The van der Waals surface area contributed by atoms with Gasteiger partial charge in [-0.15, -0.1) is 5.06 Å². The summed E-state index contributed by atoms with van der Waals surface area (Å²) in [5.41, 5.74) is 0.706. The number of hydrogen-bond acceptors (Lipinski definition) is 6. The van der Waals surface area contributed by atoms with Gasteiger partial charge in [0.25, 0.3) is 17.5 Å². The number of rotatable bonds is 4. The van der Waals surface area contributed by atoms with E-state index in [1.807, 2.05) is 0 Å². The highest BCUT2D eigenvalue weighted by atomic mass is 16.7. The molecular weight excluding hydrogens is 280 g/mol. The number of imide groups is 1. The largest absolute Gasteiger partial charge is 0.337 e. The number of carbonyl (C=O) groups is 3. The number of nitro groups is 1. The highest BCUT2D eigenvalue weighted by molar-refractivity contribution is 6.01. The number of benzene rings is 1. The Hall–Kier alpha value is -2.77. The van der Waals surface area contributed by atoms with E-state index in [-0.39, 0.29) is 24.1 Å². The molecule has 1 heterocycles. The van der Waals surface area contributed by atoms with Crippen LogP contribution in [-0.2, 0) is 25.6 Å². The number of hydroxylamine groups is 2. The molecule has 8 nitrogen and oxygen atoms in total. The van der Waals surface area contributed by atoms with Crippen molar-refractivity contribution in [3.8, 4) is 0 Å². The number of nitro benzene ring substituents is 1. The fraction of sp³-hybridized carbons (Fsp3) is 0.308. The quantitative estimate of drug-likeness (QED) is 0.466. The van der Waals surface area contributed by atoms with Gasteiger partial charge in [-0.05, 0) is 13.0 Å². The van der Waals surface area contributed by atoms with Gasteiger partial charge in [-0.1, -0.05) is 11.6 Å². The molecule has 1 saturated heterocycles. The van der Waals surface area contributed by atoms with Gasteiger partial charge in [0.1, 0.15) is 0 Å². The minimum atomic E-state index is -0.896. The van der Waals surface area contributed by atoms with Crippen molar-refractivity contribution in [2.24, 2.45) is 0 Å². The molecule has 1 aliphatic rings. The van der Waals surface area contributed by atoms with Gasteiger partial charge in [0.15, 0.2) is 0 Å².